The molecule has 0 heterocycles. The fourth-order valence-electron chi connectivity index (χ4n) is 3.12. The lowest BCUT2D eigenvalue weighted by atomic mass is 10.0. The van der Waals surface area contributed by atoms with Gasteiger partial charge in [-0.05, 0) is 51.5 Å². The molecule has 2 atom stereocenters. The van der Waals surface area contributed by atoms with E-state index in [0.29, 0.717) is 6.04 Å². The average Bonchev–Trinajstić information content (AvgIpc) is 2.69. The molecule has 102 valence electrons. The number of nitrogens with two attached hydrogens (primary N) is 1. The molecule has 0 aliphatic heterocycles. The van der Waals surface area contributed by atoms with Crippen LogP contribution in [0.3, 0.4) is 0 Å². The van der Waals surface area contributed by atoms with Crippen LogP contribution in [0.15, 0.2) is 0 Å². The third-order valence-corrected chi connectivity index (χ3v) is 4.02. The van der Waals surface area contributed by atoms with Gasteiger partial charge in [-0.25, -0.2) is 0 Å². The molecular formula is C15H32N2. The van der Waals surface area contributed by atoms with Crippen LogP contribution < -0.4 is 5.73 Å². The normalized spacial score (nSPS) is 21.0. The van der Waals surface area contributed by atoms with Crippen molar-refractivity contribution in [1.29, 1.82) is 0 Å². The summed E-state index contributed by atoms with van der Waals surface area (Å²) in [4.78, 5) is 2.55. The van der Waals surface area contributed by atoms with Crippen LogP contribution in [0.1, 0.15) is 58.8 Å². The van der Waals surface area contributed by atoms with Gasteiger partial charge in [0.05, 0.1) is 0 Å². The largest absolute Gasteiger partial charge is 0.328 e. The summed E-state index contributed by atoms with van der Waals surface area (Å²) in [5.74, 6) is 1.80. The average molecular weight is 240 g/mol. The van der Waals surface area contributed by atoms with E-state index in [1.54, 1.807) is 0 Å². The molecule has 1 aliphatic rings. The monoisotopic (exact) mass is 240 g/mol. The van der Waals surface area contributed by atoms with Gasteiger partial charge in [0, 0.05) is 19.1 Å². The molecule has 0 aromatic rings. The molecular weight excluding hydrogens is 208 g/mol. The maximum Gasteiger partial charge on any atom is 0.00104 e. The molecule has 0 radical (unpaired) electrons. The quantitative estimate of drug-likeness (QED) is 0.705. The summed E-state index contributed by atoms with van der Waals surface area (Å²) in [5, 5.41) is 0. The van der Waals surface area contributed by atoms with Crippen LogP contribution in [0.5, 0.6) is 0 Å². The minimum Gasteiger partial charge on any atom is -0.328 e. The van der Waals surface area contributed by atoms with Crippen LogP contribution in [-0.4, -0.2) is 31.1 Å². The molecule has 17 heavy (non-hydrogen) atoms. The molecule has 0 spiro atoms. The highest BCUT2D eigenvalue weighted by atomic mass is 15.1. The van der Waals surface area contributed by atoms with Gasteiger partial charge >= 0.3 is 0 Å². The maximum absolute atomic E-state index is 5.78. The van der Waals surface area contributed by atoms with Crippen molar-refractivity contribution in [3.63, 3.8) is 0 Å². The highest BCUT2D eigenvalue weighted by Gasteiger charge is 2.17. The second-order valence-electron chi connectivity index (χ2n) is 6.39. The van der Waals surface area contributed by atoms with E-state index in [4.69, 9.17) is 5.73 Å². The number of hydrogen-bond donors (Lipinski definition) is 1. The molecule has 0 aromatic carbocycles. The van der Waals surface area contributed by atoms with Crippen LogP contribution in [0, 0.1) is 11.8 Å². The molecule has 2 unspecified atom stereocenters. The summed E-state index contributed by atoms with van der Waals surface area (Å²) in [6.07, 6.45) is 9.64. The van der Waals surface area contributed by atoms with Gasteiger partial charge in [0.25, 0.3) is 0 Å². The van der Waals surface area contributed by atoms with E-state index in [9.17, 15) is 0 Å². The summed E-state index contributed by atoms with van der Waals surface area (Å²) < 4.78 is 0. The van der Waals surface area contributed by atoms with Crippen molar-refractivity contribution in [3.8, 4) is 0 Å². The number of hydrogen-bond acceptors (Lipinski definition) is 2. The van der Waals surface area contributed by atoms with Crippen molar-refractivity contribution in [1.82, 2.24) is 4.90 Å². The minimum atomic E-state index is 0.374. The van der Waals surface area contributed by atoms with Crippen LogP contribution in [0.4, 0.5) is 0 Å². The molecule has 1 saturated carbocycles. The second kappa shape index (κ2) is 8.10. The zero-order valence-corrected chi connectivity index (χ0v) is 12.1. The first-order valence-electron chi connectivity index (χ1n) is 7.52. The van der Waals surface area contributed by atoms with Crippen molar-refractivity contribution < 1.29 is 0 Å². The van der Waals surface area contributed by atoms with E-state index in [1.165, 1.54) is 58.0 Å². The Balaban J connectivity index is 2.05. The predicted molar refractivity (Wildman–Crippen MR) is 76.1 cm³/mol. The van der Waals surface area contributed by atoms with Crippen molar-refractivity contribution in [2.24, 2.45) is 17.6 Å². The van der Waals surface area contributed by atoms with E-state index < -0.39 is 0 Å². The molecule has 1 fully saturated rings. The lowest BCUT2D eigenvalue weighted by molar-refractivity contribution is 0.237. The molecule has 0 amide bonds. The second-order valence-corrected chi connectivity index (χ2v) is 6.39. The molecule has 2 heteroatoms. The van der Waals surface area contributed by atoms with Gasteiger partial charge < -0.3 is 10.6 Å². The zero-order valence-electron chi connectivity index (χ0n) is 12.1. The van der Waals surface area contributed by atoms with Crippen LogP contribution in [-0.2, 0) is 0 Å². The molecule has 2 nitrogen and oxygen atoms in total. The summed E-state index contributed by atoms with van der Waals surface area (Å²) >= 11 is 0. The third kappa shape index (κ3) is 7.05. The Morgan fingerprint density at radius 3 is 2.41 bits per heavy atom. The van der Waals surface area contributed by atoms with Crippen molar-refractivity contribution in [2.75, 3.05) is 20.1 Å². The van der Waals surface area contributed by atoms with E-state index in [2.05, 4.69) is 25.8 Å². The van der Waals surface area contributed by atoms with E-state index in [-0.39, 0.29) is 0 Å². The Morgan fingerprint density at radius 2 is 1.82 bits per heavy atom. The van der Waals surface area contributed by atoms with E-state index >= 15 is 0 Å². The highest BCUT2D eigenvalue weighted by molar-refractivity contribution is 4.71. The first kappa shape index (κ1) is 15.0. The van der Waals surface area contributed by atoms with E-state index in [0.717, 1.165) is 11.8 Å². The Hall–Kier alpha value is -0.0800. The molecule has 0 saturated heterocycles. The van der Waals surface area contributed by atoms with Gasteiger partial charge in [0.15, 0.2) is 0 Å². The Kier molecular flexibility index (Phi) is 7.14. The van der Waals surface area contributed by atoms with Crippen molar-refractivity contribution >= 4 is 0 Å². The molecule has 0 aromatic heterocycles. The summed E-state index contributed by atoms with van der Waals surface area (Å²) in [6.45, 7) is 7.07. The lowest BCUT2D eigenvalue weighted by Crippen LogP contribution is -2.29. The van der Waals surface area contributed by atoms with Crippen molar-refractivity contribution in [2.45, 2.75) is 64.8 Å². The molecule has 1 aliphatic carbocycles. The van der Waals surface area contributed by atoms with Crippen LogP contribution >= 0.6 is 0 Å². The van der Waals surface area contributed by atoms with Crippen LogP contribution in [0.2, 0.25) is 0 Å². The first-order chi connectivity index (χ1) is 8.08. The lowest BCUT2D eigenvalue weighted by Gasteiger charge is -2.24. The predicted octanol–water partition coefficient (Wildman–Crippen LogP) is 3.26. The topological polar surface area (TPSA) is 29.3 Å². The third-order valence-electron chi connectivity index (χ3n) is 4.02. The minimum absolute atomic E-state index is 0.374. The van der Waals surface area contributed by atoms with Crippen LogP contribution in [0.25, 0.3) is 0 Å². The molecule has 0 bridgehead atoms. The summed E-state index contributed by atoms with van der Waals surface area (Å²) in [6, 6.07) is 0.374. The van der Waals surface area contributed by atoms with Gasteiger partial charge in [0.2, 0.25) is 0 Å². The molecule has 2 N–H and O–H groups in total. The van der Waals surface area contributed by atoms with Gasteiger partial charge in [-0.15, -0.1) is 0 Å². The Labute approximate surface area is 108 Å². The van der Waals surface area contributed by atoms with Crippen molar-refractivity contribution in [3.05, 3.63) is 0 Å². The van der Waals surface area contributed by atoms with Gasteiger partial charge in [-0.2, -0.15) is 0 Å². The standard InChI is InChI=1S/C15H32N2/c1-13(7-6-8-14(2)16)11-17(3)12-15-9-4-5-10-15/h13-15H,4-12,16H2,1-3H3. The number of rotatable bonds is 8. The SMILES string of the molecule is CC(N)CCCC(C)CN(C)CC1CCCC1. The number of nitrogens with zero attached hydrogens (tertiary/aromatic N) is 1. The fourth-order valence-corrected chi connectivity index (χ4v) is 3.12. The Bertz CT molecular complexity index is 185. The maximum atomic E-state index is 5.78. The Morgan fingerprint density at radius 1 is 1.18 bits per heavy atom. The smallest absolute Gasteiger partial charge is 0.00104 e. The van der Waals surface area contributed by atoms with Gasteiger partial charge in [0.1, 0.15) is 0 Å². The first-order valence-corrected chi connectivity index (χ1v) is 7.52. The van der Waals surface area contributed by atoms with Gasteiger partial charge in [-0.3, -0.25) is 0 Å². The summed E-state index contributed by atoms with van der Waals surface area (Å²) in [7, 11) is 2.29. The molecule has 1 rings (SSSR count). The fraction of sp³-hybridized carbons (Fsp3) is 1.00. The van der Waals surface area contributed by atoms with E-state index in [1.807, 2.05) is 0 Å². The summed E-state index contributed by atoms with van der Waals surface area (Å²) in [5.41, 5.74) is 5.78. The van der Waals surface area contributed by atoms with Gasteiger partial charge in [-0.1, -0.05) is 26.2 Å². The highest BCUT2D eigenvalue weighted by Crippen LogP contribution is 2.25. The zero-order chi connectivity index (χ0) is 12.7.